The van der Waals surface area contributed by atoms with Crippen LogP contribution < -0.4 is 10.6 Å². The van der Waals surface area contributed by atoms with E-state index in [2.05, 4.69) is 23.3 Å². The van der Waals surface area contributed by atoms with E-state index in [4.69, 9.17) is 15.3 Å². The molecule has 1 aromatic carbocycles. The second-order valence-corrected chi connectivity index (χ2v) is 10.0. The third kappa shape index (κ3) is 7.91. The van der Waals surface area contributed by atoms with Crippen LogP contribution in [0.25, 0.3) is 0 Å². The zero-order chi connectivity index (χ0) is 30.4. The van der Waals surface area contributed by atoms with Crippen LogP contribution in [0.5, 0.6) is 0 Å². The Kier molecular flexibility index (Phi) is 11.0. The maximum Gasteiger partial charge on any atom is 0.412 e. The summed E-state index contributed by atoms with van der Waals surface area (Å²) in [6, 6.07) is 7.48. The fourth-order valence-corrected chi connectivity index (χ4v) is 4.37. The highest BCUT2D eigenvalue weighted by molar-refractivity contribution is 7.84. The lowest BCUT2D eigenvalue weighted by atomic mass is 10.1. The highest BCUT2D eigenvalue weighted by Crippen LogP contribution is 2.55. The van der Waals surface area contributed by atoms with Crippen LogP contribution in [-0.2, 0) is 14.3 Å². The second-order valence-electron chi connectivity index (χ2n) is 9.56. The molecule has 3 atom stereocenters. The van der Waals surface area contributed by atoms with Gasteiger partial charge < -0.3 is 20.6 Å². The van der Waals surface area contributed by atoms with Crippen LogP contribution in [0.4, 0.5) is 13.6 Å². The van der Waals surface area contributed by atoms with Crippen molar-refractivity contribution in [2.75, 3.05) is 0 Å². The van der Waals surface area contributed by atoms with Crippen LogP contribution in [0, 0.1) is 24.2 Å². The molecule has 40 heavy (non-hydrogen) atoms. The molecule has 8 nitrogen and oxygen atoms in total. The van der Waals surface area contributed by atoms with E-state index in [0.717, 1.165) is 11.1 Å². The average Bonchev–Trinajstić information content (AvgIpc) is 3.46. The van der Waals surface area contributed by atoms with E-state index in [0.29, 0.717) is 17.6 Å². The minimum absolute atomic E-state index is 0.00786. The number of nitrogens with one attached hydrogen (secondary N) is 3. The molecule has 0 aromatic heterocycles. The van der Waals surface area contributed by atoms with Crippen LogP contribution in [0.15, 0.2) is 69.9 Å². The lowest BCUT2D eigenvalue weighted by Crippen LogP contribution is -2.29. The molecule has 0 spiro atoms. The molecule has 11 heteroatoms. The number of carboxylic acid groups (broad SMARTS) is 1. The number of carbonyl (C=O) groups excluding carboxylic acids is 2. The molecule has 1 aromatic rings. The zero-order valence-corrected chi connectivity index (χ0v) is 24.2. The van der Waals surface area contributed by atoms with Crippen molar-refractivity contribution in [1.82, 2.24) is 10.6 Å². The number of thiol groups is 1. The maximum absolute atomic E-state index is 13.9. The Morgan fingerprint density at radius 1 is 1.12 bits per heavy atom. The molecule has 216 valence electrons. The Morgan fingerprint density at radius 3 is 2.27 bits per heavy atom. The lowest BCUT2D eigenvalue weighted by Gasteiger charge is -2.18. The number of carbonyl (C=O) groups is 3. The van der Waals surface area contributed by atoms with Crippen molar-refractivity contribution in [3.05, 3.63) is 81.1 Å². The molecule has 0 saturated heterocycles. The van der Waals surface area contributed by atoms with Gasteiger partial charge in [-0.1, -0.05) is 43.3 Å². The van der Waals surface area contributed by atoms with Crippen molar-refractivity contribution < 1.29 is 33.0 Å². The summed E-state index contributed by atoms with van der Waals surface area (Å²) in [6.45, 7) is 10.3. The van der Waals surface area contributed by atoms with Gasteiger partial charge in [-0.2, -0.15) is 0 Å². The van der Waals surface area contributed by atoms with Gasteiger partial charge in [0.25, 0.3) is 5.92 Å². The van der Waals surface area contributed by atoms with Gasteiger partial charge in [0, 0.05) is 10.6 Å². The fourth-order valence-electron chi connectivity index (χ4n) is 4.07. The minimum atomic E-state index is -3.62. The fraction of sp³-hybridized carbons (Fsp3) is 0.379. The number of allylic oxidation sites excluding steroid dienone is 6. The molecule has 0 radical (unpaired) electrons. The predicted molar refractivity (Wildman–Crippen MR) is 152 cm³/mol. The molecule has 1 aliphatic carbocycles. The van der Waals surface area contributed by atoms with E-state index >= 15 is 0 Å². The first-order valence-corrected chi connectivity index (χ1v) is 13.1. The summed E-state index contributed by atoms with van der Waals surface area (Å²) >= 11 is 4.48. The Morgan fingerprint density at radius 2 is 1.75 bits per heavy atom. The smallest absolute Gasteiger partial charge is 0.412 e. The largest absolute Gasteiger partial charge is 0.481 e. The van der Waals surface area contributed by atoms with Crippen LogP contribution in [-0.4, -0.2) is 34.7 Å². The molecular formula is C29H35F2N3O5S. The number of aryl methyl sites for hydroxylation is 1. The van der Waals surface area contributed by atoms with Gasteiger partial charge in [0.15, 0.2) is 0 Å². The molecule has 2 amide bonds. The number of alkyl halides is 2. The Hall–Kier alpha value is -3.73. The normalized spacial score (nSPS) is 20.2. The van der Waals surface area contributed by atoms with Gasteiger partial charge >= 0.3 is 12.1 Å². The molecule has 0 heterocycles. The number of rotatable bonds is 11. The summed E-state index contributed by atoms with van der Waals surface area (Å²) in [5.41, 5.74) is 3.16. The van der Waals surface area contributed by atoms with Gasteiger partial charge in [0.1, 0.15) is 17.9 Å². The lowest BCUT2D eigenvalue weighted by molar-refractivity contribution is -0.141. The molecule has 3 unspecified atom stereocenters. The van der Waals surface area contributed by atoms with E-state index in [9.17, 15) is 23.2 Å². The standard InChI is InChI=1S/C29H35F2N3O5S/c1-7-10-16(3)21(33-26(35)22-23(27(36)37)29(22,30)31)14-13-17(4)25(40)24(18(5)32)34-28(38)39-19(6)20-12-9-8-11-15(20)2/h8-14,19,22-23,32,40H,7H2,1-6H3,(H,33,35)(H,34,38)(H,36,37)/b16-10+,17-13+,21-14+,25-24+,32-18?. The Labute approximate surface area is 238 Å². The molecule has 2 rings (SSSR count). The maximum atomic E-state index is 13.9. The predicted octanol–water partition coefficient (Wildman–Crippen LogP) is 6.23. The van der Waals surface area contributed by atoms with E-state index < -0.39 is 41.8 Å². The molecule has 1 fully saturated rings. The van der Waals surface area contributed by atoms with Crippen molar-refractivity contribution in [1.29, 1.82) is 5.41 Å². The first-order valence-electron chi connectivity index (χ1n) is 12.6. The number of halogens is 2. The summed E-state index contributed by atoms with van der Waals surface area (Å²) in [5, 5.41) is 22.1. The van der Waals surface area contributed by atoms with Crippen LogP contribution in [0.2, 0.25) is 0 Å². The van der Waals surface area contributed by atoms with Gasteiger partial charge in [0.05, 0.1) is 11.4 Å². The van der Waals surface area contributed by atoms with Gasteiger partial charge in [-0.05, 0) is 69.4 Å². The van der Waals surface area contributed by atoms with Crippen molar-refractivity contribution in [2.45, 2.75) is 60.0 Å². The average molecular weight is 576 g/mol. The summed E-state index contributed by atoms with van der Waals surface area (Å²) in [5.74, 6) is -10.5. The van der Waals surface area contributed by atoms with E-state index in [1.54, 1.807) is 26.8 Å². The van der Waals surface area contributed by atoms with Crippen molar-refractivity contribution in [3.8, 4) is 0 Å². The Balaban J connectivity index is 2.29. The molecule has 0 bridgehead atoms. The van der Waals surface area contributed by atoms with Crippen molar-refractivity contribution in [3.63, 3.8) is 0 Å². The Bertz CT molecular complexity index is 1320. The number of hydrogen-bond donors (Lipinski definition) is 5. The second kappa shape index (κ2) is 13.6. The third-order valence-corrected chi connectivity index (χ3v) is 6.99. The van der Waals surface area contributed by atoms with Crippen molar-refractivity contribution >= 4 is 36.3 Å². The molecular weight excluding hydrogens is 540 g/mol. The van der Waals surface area contributed by atoms with Crippen LogP contribution in [0.3, 0.4) is 0 Å². The number of hydrogen-bond acceptors (Lipinski definition) is 6. The van der Waals surface area contributed by atoms with E-state index in [1.807, 2.05) is 38.1 Å². The molecule has 1 saturated carbocycles. The van der Waals surface area contributed by atoms with E-state index in [-0.39, 0.29) is 22.0 Å². The summed E-state index contributed by atoms with van der Waals surface area (Å²) in [4.78, 5) is 36.5. The molecule has 1 aliphatic rings. The topological polar surface area (TPSA) is 129 Å². The highest BCUT2D eigenvalue weighted by atomic mass is 32.1. The number of aliphatic carboxylic acids is 1. The van der Waals surface area contributed by atoms with Gasteiger partial charge in [0.2, 0.25) is 5.91 Å². The third-order valence-electron chi connectivity index (χ3n) is 6.42. The first-order chi connectivity index (χ1) is 18.6. The number of ether oxygens (including phenoxy) is 1. The monoisotopic (exact) mass is 575 g/mol. The summed E-state index contributed by atoms with van der Waals surface area (Å²) in [6.07, 6.45) is 4.05. The zero-order valence-electron chi connectivity index (χ0n) is 23.3. The summed E-state index contributed by atoms with van der Waals surface area (Å²) in [7, 11) is 0. The number of amides is 2. The van der Waals surface area contributed by atoms with Gasteiger partial charge in [-0.15, -0.1) is 12.6 Å². The first kappa shape index (κ1) is 32.5. The van der Waals surface area contributed by atoms with Crippen LogP contribution in [0.1, 0.15) is 58.3 Å². The molecule has 4 N–H and O–H groups in total. The number of alkyl carbamates (subject to hydrolysis) is 1. The SMILES string of the molecule is CC/C=C(C)/C(=C\C=C(C)\C(S)=C(/NC(=O)OC(C)c1ccccc1C)C(C)=N)NC(=O)C1C(C(=O)O)C1(F)F. The number of carboxylic acids is 1. The number of benzene rings is 1. The van der Waals surface area contributed by atoms with Gasteiger partial charge in [-0.3, -0.25) is 14.9 Å². The van der Waals surface area contributed by atoms with Crippen molar-refractivity contribution in [2.24, 2.45) is 11.8 Å². The summed E-state index contributed by atoms with van der Waals surface area (Å²) < 4.78 is 33.2. The quantitative estimate of drug-likeness (QED) is 0.121. The van der Waals surface area contributed by atoms with Gasteiger partial charge in [-0.25, -0.2) is 13.6 Å². The minimum Gasteiger partial charge on any atom is -0.481 e. The van der Waals surface area contributed by atoms with Crippen LogP contribution >= 0.6 is 12.6 Å². The van der Waals surface area contributed by atoms with E-state index in [1.165, 1.54) is 19.1 Å². The highest BCUT2D eigenvalue weighted by Gasteiger charge is 2.76. The molecule has 0 aliphatic heterocycles.